The zero-order chi connectivity index (χ0) is 21.4. The van der Waals surface area contributed by atoms with E-state index < -0.39 is 5.82 Å². The number of aromatic amines is 1. The van der Waals surface area contributed by atoms with Crippen molar-refractivity contribution < 1.29 is 13.9 Å². The van der Waals surface area contributed by atoms with Crippen LogP contribution in [0.3, 0.4) is 0 Å². The first kappa shape index (κ1) is 19.0. The Morgan fingerprint density at radius 1 is 1.22 bits per heavy atom. The Labute approximate surface area is 186 Å². The van der Waals surface area contributed by atoms with Crippen molar-refractivity contribution >= 4 is 5.91 Å². The molecule has 1 amide bonds. The number of halogens is 1. The molecule has 6 aliphatic rings. The second-order valence-electron chi connectivity index (χ2n) is 10.8. The zero-order valence-electron chi connectivity index (χ0n) is 18.1. The first-order valence-electron chi connectivity index (χ1n) is 12.1. The largest absolute Gasteiger partial charge is 0.493 e. The van der Waals surface area contributed by atoms with E-state index in [2.05, 4.69) is 20.6 Å². The third-order valence-electron chi connectivity index (χ3n) is 9.10. The van der Waals surface area contributed by atoms with Crippen LogP contribution >= 0.6 is 0 Å². The number of rotatable bonds is 6. The zero-order valence-corrected chi connectivity index (χ0v) is 18.1. The number of amides is 1. The van der Waals surface area contributed by atoms with Crippen molar-refractivity contribution in [1.29, 1.82) is 0 Å². The van der Waals surface area contributed by atoms with Crippen LogP contribution in [0.15, 0.2) is 12.1 Å². The Balaban J connectivity index is 1.16. The molecule has 5 saturated carbocycles. The summed E-state index contributed by atoms with van der Waals surface area (Å²) in [5.74, 6) is 3.40. The molecule has 7 nitrogen and oxygen atoms in total. The van der Waals surface area contributed by atoms with E-state index in [1.54, 1.807) is 11.0 Å². The molecule has 3 atom stereocenters. The van der Waals surface area contributed by atoms with Crippen LogP contribution in [-0.4, -0.2) is 44.6 Å². The van der Waals surface area contributed by atoms with E-state index in [0.717, 1.165) is 49.0 Å². The number of carbonyl (C=O) groups excluding carboxylic acids is 1. The monoisotopic (exact) mass is 437 g/mol. The summed E-state index contributed by atoms with van der Waals surface area (Å²) >= 11 is 0. The van der Waals surface area contributed by atoms with Crippen LogP contribution in [0.1, 0.15) is 85.1 Å². The lowest BCUT2D eigenvalue weighted by Gasteiger charge is -2.29. The average molecular weight is 438 g/mol. The molecule has 1 saturated heterocycles. The highest BCUT2D eigenvalue weighted by Gasteiger charge is 2.63. The summed E-state index contributed by atoms with van der Waals surface area (Å²) < 4.78 is 21.6. The molecule has 1 aliphatic heterocycles. The lowest BCUT2D eigenvalue weighted by molar-refractivity contribution is 0.0724. The van der Waals surface area contributed by atoms with Crippen LogP contribution in [0.2, 0.25) is 0 Å². The number of tetrazole rings is 1. The molecular weight excluding hydrogens is 409 g/mol. The lowest BCUT2D eigenvalue weighted by atomic mass is 9.82. The molecule has 2 heterocycles. The number of hydrogen-bond acceptors (Lipinski definition) is 5. The molecule has 5 aliphatic carbocycles. The molecule has 168 valence electrons. The Bertz CT molecular complexity index is 1050. The number of H-pyrrole nitrogens is 1. The van der Waals surface area contributed by atoms with Crippen LogP contribution in [0, 0.1) is 29.0 Å². The van der Waals surface area contributed by atoms with Crippen molar-refractivity contribution in [3.8, 4) is 5.75 Å². The maximum atomic E-state index is 15.3. The van der Waals surface area contributed by atoms with Crippen molar-refractivity contribution in [2.75, 3.05) is 13.2 Å². The van der Waals surface area contributed by atoms with Crippen molar-refractivity contribution in [2.24, 2.45) is 23.2 Å². The van der Waals surface area contributed by atoms with Gasteiger partial charge in [-0.25, -0.2) is 9.49 Å². The van der Waals surface area contributed by atoms with Crippen LogP contribution in [0.25, 0.3) is 0 Å². The number of likely N-dealkylation sites (tertiary alicyclic amines) is 1. The Hall–Kier alpha value is -2.51. The molecule has 8 heteroatoms. The molecule has 1 aromatic heterocycles. The number of ether oxygens (including phenoxy) is 1. The van der Waals surface area contributed by atoms with Gasteiger partial charge < -0.3 is 9.64 Å². The minimum absolute atomic E-state index is 0.140. The number of carbonyl (C=O) groups is 1. The summed E-state index contributed by atoms with van der Waals surface area (Å²) in [5, 5.41) is 14.0. The van der Waals surface area contributed by atoms with Gasteiger partial charge in [-0.3, -0.25) is 4.79 Å². The Morgan fingerprint density at radius 3 is 2.69 bits per heavy atom. The fourth-order valence-corrected chi connectivity index (χ4v) is 7.46. The maximum Gasteiger partial charge on any atom is 0.257 e. The van der Waals surface area contributed by atoms with E-state index >= 15 is 4.39 Å². The summed E-state index contributed by atoms with van der Waals surface area (Å²) in [5.41, 5.74) is 1.46. The SMILES string of the molecule is O=C(c1cc(C2CC2)c(OCC23CC4CC2CC4C3)cc1F)N1CCC[C@H]1c1nnn[nH]1. The van der Waals surface area contributed by atoms with Gasteiger partial charge in [-0.05, 0) is 97.1 Å². The van der Waals surface area contributed by atoms with Gasteiger partial charge in [-0.15, -0.1) is 5.10 Å². The number of aromatic nitrogens is 4. The fourth-order valence-electron chi connectivity index (χ4n) is 7.46. The second kappa shape index (κ2) is 6.75. The molecule has 2 unspecified atom stereocenters. The summed E-state index contributed by atoms with van der Waals surface area (Å²) in [6, 6.07) is 3.01. The number of nitrogens with zero attached hydrogens (tertiary/aromatic N) is 4. The predicted octanol–water partition coefficient (Wildman–Crippen LogP) is 4.01. The minimum atomic E-state index is -0.492. The molecule has 4 bridgehead atoms. The molecule has 1 N–H and O–H groups in total. The minimum Gasteiger partial charge on any atom is -0.493 e. The van der Waals surface area contributed by atoms with Crippen molar-refractivity contribution in [2.45, 2.75) is 63.3 Å². The normalized spacial score (nSPS) is 34.7. The summed E-state index contributed by atoms with van der Waals surface area (Å²) in [6.45, 7) is 1.27. The van der Waals surface area contributed by atoms with Gasteiger partial charge in [0, 0.05) is 18.0 Å². The van der Waals surface area contributed by atoms with E-state index in [1.165, 1.54) is 31.7 Å². The third-order valence-corrected chi connectivity index (χ3v) is 9.10. The lowest BCUT2D eigenvalue weighted by Crippen LogP contribution is -2.32. The topological polar surface area (TPSA) is 84.0 Å². The van der Waals surface area contributed by atoms with Gasteiger partial charge in [0.25, 0.3) is 5.91 Å². The standard InChI is InChI=1S/C24H28FN5O2/c25-19-9-21(32-12-24-10-14-6-16(24)7-15(14)11-24)17(13-3-4-13)8-18(19)23(31)30-5-1-2-20(30)22-26-28-29-27-22/h8-9,13-16,20H,1-7,10-12H2,(H,26,27,28,29)/t14?,15?,16?,20-,24?/m0/s1. The number of hydrogen-bond donors (Lipinski definition) is 1. The molecule has 32 heavy (non-hydrogen) atoms. The van der Waals surface area contributed by atoms with Crippen LogP contribution in [0.5, 0.6) is 5.75 Å². The maximum absolute atomic E-state index is 15.3. The highest BCUT2D eigenvalue weighted by molar-refractivity contribution is 5.95. The van der Waals surface area contributed by atoms with E-state index in [1.807, 2.05) is 0 Å². The van der Waals surface area contributed by atoms with E-state index in [9.17, 15) is 4.79 Å². The highest BCUT2D eigenvalue weighted by atomic mass is 19.1. The van der Waals surface area contributed by atoms with Crippen LogP contribution < -0.4 is 4.74 Å². The number of benzene rings is 1. The molecule has 6 fully saturated rings. The first-order valence-corrected chi connectivity index (χ1v) is 12.1. The van der Waals surface area contributed by atoms with E-state index in [0.29, 0.717) is 36.1 Å². The van der Waals surface area contributed by atoms with Gasteiger partial charge in [0.2, 0.25) is 0 Å². The second-order valence-corrected chi connectivity index (χ2v) is 10.8. The molecule has 8 rings (SSSR count). The smallest absolute Gasteiger partial charge is 0.257 e. The fraction of sp³-hybridized carbons (Fsp3) is 0.667. The molecule has 1 aromatic carbocycles. The highest BCUT2D eigenvalue weighted by Crippen LogP contribution is 2.70. The third kappa shape index (κ3) is 2.77. The van der Waals surface area contributed by atoms with Crippen molar-refractivity contribution in [1.82, 2.24) is 25.5 Å². The molecule has 0 radical (unpaired) electrons. The first-order chi connectivity index (χ1) is 15.6. The summed E-state index contributed by atoms with van der Waals surface area (Å²) in [7, 11) is 0. The van der Waals surface area contributed by atoms with E-state index in [-0.39, 0.29) is 17.5 Å². The van der Waals surface area contributed by atoms with Gasteiger partial charge in [0.05, 0.1) is 18.2 Å². The summed E-state index contributed by atoms with van der Waals surface area (Å²) in [6.07, 6.45) is 9.06. The van der Waals surface area contributed by atoms with Crippen LogP contribution in [-0.2, 0) is 0 Å². The van der Waals surface area contributed by atoms with Gasteiger partial charge in [0.15, 0.2) is 5.82 Å². The average Bonchev–Trinajstić information content (AvgIpc) is 3.35. The van der Waals surface area contributed by atoms with E-state index in [4.69, 9.17) is 4.74 Å². The number of nitrogens with one attached hydrogen (secondary N) is 1. The van der Waals surface area contributed by atoms with Gasteiger partial charge in [-0.1, -0.05) is 0 Å². The molecule has 0 spiro atoms. The van der Waals surface area contributed by atoms with Crippen molar-refractivity contribution in [3.63, 3.8) is 0 Å². The van der Waals surface area contributed by atoms with Gasteiger partial charge in [0.1, 0.15) is 11.6 Å². The molecular formula is C24H28FN5O2. The van der Waals surface area contributed by atoms with Crippen LogP contribution in [0.4, 0.5) is 4.39 Å². The van der Waals surface area contributed by atoms with Crippen molar-refractivity contribution in [3.05, 3.63) is 34.9 Å². The Kier molecular flexibility index (Phi) is 4.01. The quantitative estimate of drug-likeness (QED) is 0.738. The molecule has 2 aromatic rings. The van der Waals surface area contributed by atoms with Gasteiger partial charge in [-0.2, -0.15) is 0 Å². The van der Waals surface area contributed by atoms with Gasteiger partial charge >= 0.3 is 0 Å². The summed E-state index contributed by atoms with van der Waals surface area (Å²) in [4.78, 5) is 15.1. The predicted molar refractivity (Wildman–Crippen MR) is 112 cm³/mol. The Morgan fingerprint density at radius 2 is 2.03 bits per heavy atom.